The van der Waals surface area contributed by atoms with Crippen molar-refractivity contribution in [3.63, 3.8) is 0 Å². The zero-order valence-electron chi connectivity index (χ0n) is 9.04. The molecule has 0 saturated carbocycles. The molecule has 1 fully saturated rings. The molecular formula is C12H17FN2. The average Bonchev–Trinajstić information content (AvgIpc) is 2.30. The van der Waals surface area contributed by atoms with E-state index in [-0.39, 0.29) is 5.82 Å². The number of nitrogens with one attached hydrogen (secondary N) is 1. The van der Waals surface area contributed by atoms with Crippen molar-refractivity contribution in [1.29, 1.82) is 0 Å². The Labute approximate surface area is 90.1 Å². The number of hydrogen-bond acceptors (Lipinski definition) is 2. The molecule has 1 saturated heterocycles. The van der Waals surface area contributed by atoms with Crippen LogP contribution in [0.25, 0.3) is 0 Å². The van der Waals surface area contributed by atoms with E-state index in [0.29, 0.717) is 6.04 Å². The predicted molar refractivity (Wildman–Crippen MR) is 60.7 cm³/mol. The number of hydrogen-bond donors (Lipinski definition) is 1. The zero-order chi connectivity index (χ0) is 10.7. The Morgan fingerprint density at radius 3 is 2.73 bits per heavy atom. The van der Waals surface area contributed by atoms with Gasteiger partial charge in [0.1, 0.15) is 5.82 Å². The number of anilines is 1. The summed E-state index contributed by atoms with van der Waals surface area (Å²) in [6.45, 7) is 2.09. The average molecular weight is 208 g/mol. The van der Waals surface area contributed by atoms with E-state index in [0.717, 1.165) is 18.8 Å². The number of benzene rings is 1. The first-order valence-electron chi connectivity index (χ1n) is 5.47. The van der Waals surface area contributed by atoms with Gasteiger partial charge in [0.05, 0.1) is 0 Å². The molecule has 1 aromatic rings. The maximum Gasteiger partial charge on any atom is 0.123 e. The van der Waals surface area contributed by atoms with Crippen LogP contribution in [0.15, 0.2) is 24.3 Å². The largest absolute Gasteiger partial charge is 0.370 e. The van der Waals surface area contributed by atoms with E-state index < -0.39 is 0 Å². The Morgan fingerprint density at radius 1 is 1.33 bits per heavy atom. The van der Waals surface area contributed by atoms with Crippen LogP contribution in [0.4, 0.5) is 10.1 Å². The summed E-state index contributed by atoms with van der Waals surface area (Å²) >= 11 is 0. The molecule has 0 bridgehead atoms. The van der Waals surface area contributed by atoms with Crippen LogP contribution in [0.3, 0.4) is 0 Å². The Bertz CT molecular complexity index is 310. The van der Waals surface area contributed by atoms with Gasteiger partial charge in [-0.3, -0.25) is 0 Å². The molecule has 1 aromatic carbocycles. The second-order valence-electron chi connectivity index (χ2n) is 4.05. The van der Waals surface area contributed by atoms with Crippen LogP contribution < -0.4 is 10.2 Å². The van der Waals surface area contributed by atoms with Crippen molar-refractivity contribution in [3.05, 3.63) is 30.1 Å². The molecule has 15 heavy (non-hydrogen) atoms. The maximum atomic E-state index is 12.8. The highest BCUT2D eigenvalue weighted by molar-refractivity contribution is 5.46. The van der Waals surface area contributed by atoms with Crippen LogP contribution in [0.2, 0.25) is 0 Å². The van der Waals surface area contributed by atoms with Crippen molar-refractivity contribution in [2.45, 2.75) is 18.9 Å². The van der Waals surface area contributed by atoms with Gasteiger partial charge in [-0.15, -0.1) is 0 Å². The fourth-order valence-electron chi connectivity index (χ4n) is 2.10. The quantitative estimate of drug-likeness (QED) is 0.800. The lowest BCUT2D eigenvalue weighted by Crippen LogP contribution is -2.44. The summed E-state index contributed by atoms with van der Waals surface area (Å²) in [5, 5.41) is 3.30. The van der Waals surface area contributed by atoms with Gasteiger partial charge in [-0.25, -0.2) is 4.39 Å². The molecule has 0 amide bonds. The van der Waals surface area contributed by atoms with Crippen molar-refractivity contribution in [1.82, 2.24) is 5.32 Å². The van der Waals surface area contributed by atoms with E-state index in [9.17, 15) is 4.39 Å². The fraction of sp³-hybridized carbons (Fsp3) is 0.500. The molecule has 1 N–H and O–H groups in total. The van der Waals surface area contributed by atoms with Crippen molar-refractivity contribution < 1.29 is 4.39 Å². The number of rotatable bonds is 2. The fourth-order valence-corrected chi connectivity index (χ4v) is 2.10. The lowest BCUT2D eigenvalue weighted by atomic mass is 10.1. The van der Waals surface area contributed by atoms with Crippen LogP contribution >= 0.6 is 0 Å². The number of piperidine rings is 1. The molecule has 1 unspecified atom stereocenters. The monoisotopic (exact) mass is 208 g/mol. The minimum Gasteiger partial charge on any atom is -0.370 e. The van der Waals surface area contributed by atoms with Gasteiger partial charge < -0.3 is 10.2 Å². The van der Waals surface area contributed by atoms with Gasteiger partial charge in [-0.05, 0) is 44.2 Å². The minimum absolute atomic E-state index is 0.166. The molecule has 1 aliphatic rings. The minimum atomic E-state index is -0.166. The van der Waals surface area contributed by atoms with Crippen molar-refractivity contribution >= 4 is 5.69 Å². The van der Waals surface area contributed by atoms with Gasteiger partial charge in [0.2, 0.25) is 0 Å². The molecule has 82 valence electrons. The number of nitrogens with zero attached hydrogens (tertiary/aromatic N) is 1. The highest BCUT2D eigenvalue weighted by atomic mass is 19.1. The van der Waals surface area contributed by atoms with E-state index in [1.165, 1.54) is 25.0 Å². The Balaban J connectivity index is 2.06. The molecule has 0 aliphatic carbocycles. The first-order valence-corrected chi connectivity index (χ1v) is 5.47. The van der Waals surface area contributed by atoms with Crippen LogP contribution in [0, 0.1) is 5.82 Å². The Hall–Kier alpha value is -1.09. The molecule has 3 heteroatoms. The van der Waals surface area contributed by atoms with Gasteiger partial charge in [0.25, 0.3) is 0 Å². The van der Waals surface area contributed by atoms with Crippen molar-refractivity contribution in [2.24, 2.45) is 0 Å². The van der Waals surface area contributed by atoms with Crippen molar-refractivity contribution in [2.75, 3.05) is 25.0 Å². The topological polar surface area (TPSA) is 15.3 Å². The zero-order valence-corrected chi connectivity index (χ0v) is 9.04. The summed E-state index contributed by atoms with van der Waals surface area (Å²) in [5.74, 6) is -0.166. The summed E-state index contributed by atoms with van der Waals surface area (Å²) in [6.07, 6.45) is 2.43. The van der Waals surface area contributed by atoms with Crippen LogP contribution in [-0.2, 0) is 0 Å². The molecule has 2 rings (SSSR count). The highest BCUT2D eigenvalue weighted by Crippen LogP contribution is 2.19. The standard InChI is InChI=1S/C12H17FN2/c1-14-11-3-2-8-15(9-11)12-6-4-10(13)5-7-12/h4-7,11,14H,2-3,8-9H2,1H3. The molecule has 2 nitrogen and oxygen atoms in total. The number of likely N-dealkylation sites (N-methyl/N-ethyl adjacent to an activating group) is 1. The molecule has 0 spiro atoms. The highest BCUT2D eigenvalue weighted by Gasteiger charge is 2.18. The maximum absolute atomic E-state index is 12.8. The molecule has 0 radical (unpaired) electrons. The normalized spacial score (nSPS) is 21.7. The van der Waals surface area contributed by atoms with Gasteiger partial charge in [0, 0.05) is 24.8 Å². The van der Waals surface area contributed by atoms with E-state index in [1.54, 1.807) is 0 Å². The first kappa shape index (κ1) is 10.4. The molecule has 1 atom stereocenters. The Kier molecular flexibility index (Phi) is 3.21. The van der Waals surface area contributed by atoms with Gasteiger partial charge in [0.15, 0.2) is 0 Å². The van der Waals surface area contributed by atoms with Crippen LogP contribution in [-0.4, -0.2) is 26.2 Å². The van der Waals surface area contributed by atoms with E-state index in [1.807, 2.05) is 19.2 Å². The molecular weight excluding hydrogens is 191 g/mol. The number of halogens is 1. The first-order chi connectivity index (χ1) is 7.29. The summed E-state index contributed by atoms with van der Waals surface area (Å²) in [4.78, 5) is 2.31. The van der Waals surface area contributed by atoms with E-state index >= 15 is 0 Å². The third-order valence-corrected chi connectivity index (χ3v) is 3.02. The second kappa shape index (κ2) is 4.62. The predicted octanol–water partition coefficient (Wildman–Crippen LogP) is 2.01. The van der Waals surface area contributed by atoms with E-state index in [4.69, 9.17) is 0 Å². The summed E-state index contributed by atoms with van der Waals surface area (Å²) in [7, 11) is 2.00. The van der Waals surface area contributed by atoms with Gasteiger partial charge >= 0.3 is 0 Å². The van der Waals surface area contributed by atoms with Crippen molar-refractivity contribution in [3.8, 4) is 0 Å². The van der Waals surface area contributed by atoms with Crippen LogP contribution in [0.1, 0.15) is 12.8 Å². The Morgan fingerprint density at radius 2 is 2.07 bits per heavy atom. The summed E-state index contributed by atoms with van der Waals surface area (Å²) in [5.41, 5.74) is 1.12. The lowest BCUT2D eigenvalue weighted by molar-refractivity contribution is 0.449. The van der Waals surface area contributed by atoms with Gasteiger partial charge in [-0.2, -0.15) is 0 Å². The summed E-state index contributed by atoms with van der Waals surface area (Å²) < 4.78 is 12.8. The lowest BCUT2D eigenvalue weighted by Gasteiger charge is -2.34. The van der Waals surface area contributed by atoms with Crippen LogP contribution in [0.5, 0.6) is 0 Å². The SMILES string of the molecule is CNC1CCCN(c2ccc(F)cc2)C1. The smallest absolute Gasteiger partial charge is 0.123 e. The molecule has 1 aliphatic heterocycles. The summed E-state index contributed by atoms with van der Waals surface area (Å²) in [6, 6.07) is 7.32. The van der Waals surface area contributed by atoms with Gasteiger partial charge in [-0.1, -0.05) is 0 Å². The van der Waals surface area contributed by atoms with E-state index in [2.05, 4.69) is 10.2 Å². The molecule has 0 aromatic heterocycles. The molecule has 1 heterocycles. The third kappa shape index (κ3) is 2.48. The third-order valence-electron chi connectivity index (χ3n) is 3.02. The second-order valence-corrected chi connectivity index (χ2v) is 4.05.